The average molecular weight is 276 g/mol. The van der Waals surface area contributed by atoms with E-state index in [1.807, 2.05) is 24.5 Å². The molecule has 0 fully saturated rings. The summed E-state index contributed by atoms with van der Waals surface area (Å²) in [5.74, 6) is 7.14. The molecule has 0 unspecified atom stereocenters. The van der Waals surface area contributed by atoms with Crippen molar-refractivity contribution in [1.29, 1.82) is 0 Å². The van der Waals surface area contributed by atoms with Crippen molar-refractivity contribution in [2.24, 2.45) is 5.84 Å². The smallest absolute Gasteiger partial charge is 0.225 e. The van der Waals surface area contributed by atoms with E-state index >= 15 is 0 Å². The van der Waals surface area contributed by atoms with E-state index in [4.69, 9.17) is 10.6 Å². The quantitative estimate of drug-likeness (QED) is 0.378. The Bertz CT molecular complexity index is 540. The summed E-state index contributed by atoms with van der Waals surface area (Å²) < 4.78 is 5.75. The number of hydrazine groups is 1. The van der Waals surface area contributed by atoms with Crippen LogP contribution in [0.15, 0.2) is 35.5 Å². The second-order valence-electron chi connectivity index (χ2n) is 3.83. The maximum absolute atomic E-state index is 5.75. The van der Waals surface area contributed by atoms with E-state index in [-0.39, 0.29) is 0 Å². The van der Waals surface area contributed by atoms with Crippen LogP contribution in [0.5, 0.6) is 11.6 Å². The monoisotopic (exact) mass is 276 g/mol. The first-order valence-electron chi connectivity index (χ1n) is 5.91. The maximum Gasteiger partial charge on any atom is 0.225 e. The third kappa shape index (κ3) is 3.59. The van der Waals surface area contributed by atoms with Crippen molar-refractivity contribution in [3.05, 3.63) is 35.9 Å². The molecule has 0 bridgehead atoms. The first kappa shape index (κ1) is 13.6. The number of benzene rings is 1. The molecule has 0 aliphatic carbocycles. The highest BCUT2D eigenvalue weighted by Crippen LogP contribution is 2.24. The third-order valence-corrected chi connectivity index (χ3v) is 3.09. The van der Waals surface area contributed by atoms with Gasteiger partial charge in [0.25, 0.3) is 0 Å². The van der Waals surface area contributed by atoms with E-state index in [2.05, 4.69) is 28.4 Å². The van der Waals surface area contributed by atoms with Gasteiger partial charge in [-0.2, -0.15) is 4.98 Å². The number of hydrogen-bond acceptors (Lipinski definition) is 6. The normalized spacial score (nSPS) is 10.3. The van der Waals surface area contributed by atoms with Crippen LogP contribution < -0.4 is 16.0 Å². The molecule has 0 spiro atoms. The van der Waals surface area contributed by atoms with Crippen LogP contribution in [0.2, 0.25) is 0 Å². The molecule has 100 valence electrons. The second-order valence-corrected chi connectivity index (χ2v) is 4.60. The van der Waals surface area contributed by atoms with Crippen molar-refractivity contribution >= 4 is 17.6 Å². The molecule has 0 aliphatic rings. The van der Waals surface area contributed by atoms with Crippen molar-refractivity contribution < 1.29 is 4.74 Å². The van der Waals surface area contributed by atoms with Crippen molar-refractivity contribution in [3.8, 4) is 11.6 Å². The Hall–Kier alpha value is -1.79. The van der Waals surface area contributed by atoms with Crippen LogP contribution in [0.1, 0.15) is 12.5 Å². The molecule has 19 heavy (non-hydrogen) atoms. The van der Waals surface area contributed by atoms with Gasteiger partial charge in [0.05, 0.1) is 0 Å². The minimum atomic E-state index is 0.473. The highest BCUT2D eigenvalue weighted by Gasteiger charge is 2.05. The number of thioether (sulfide) groups is 1. The van der Waals surface area contributed by atoms with Crippen molar-refractivity contribution in [1.82, 2.24) is 9.97 Å². The SMILES string of the molecule is CCc1cccc(Oc2cc(NN)nc(SC)n2)c1. The fourth-order valence-electron chi connectivity index (χ4n) is 1.57. The zero-order valence-electron chi connectivity index (χ0n) is 10.9. The Kier molecular flexibility index (Phi) is 4.59. The Morgan fingerprint density at radius 2 is 2.16 bits per heavy atom. The number of anilines is 1. The van der Waals surface area contributed by atoms with Crippen LogP contribution in [0, 0.1) is 0 Å². The van der Waals surface area contributed by atoms with E-state index in [1.54, 1.807) is 6.07 Å². The Morgan fingerprint density at radius 3 is 2.84 bits per heavy atom. The summed E-state index contributed by atoms with van der Waals surface area (Å²) in [5.41, 5.74) is 3.72. The molecule has 2 aromatic rings. The van der Waals surface area contributed by atoms with Crippen LogP contribution in [-0.4, -0.2) is 16.2 Å². The molecule has 0 radical (unpaired) electrons. The summed E-state index contributed by atoms with van der Waals surface area (Å²) in [6, 6.07) is 9.59. The third-order valence-electron chi connectivity index (χ3n) is 2.54. The summed E-state index contributed by atoms with van der Waals surface area (Å²) in [7, 11) is 0. The number of aromatic nitrogens is 2. The molecule has 0 saturated carbocycles. The van der Waals surface area contributed by atoms with Gasteiger partial charge in [0.15, 0.2) is 5.16 Å². The summed E-state index contributed by atoms with van der Waals surface area (Å²) >= 11 is 1.43. The fourth-order valence-corrected chi connectivity index (χ4v) is 1.94. The lowest BCUT2D eigenvalue weighted by Crippen LogP contribution is -2.09. The zero-order chi connectivity index (χ0) is 13.7. The molecule has 1 heterocycles. The standard InChI is InChI=1S/C13H16N4OS/c1-3-9-5-4-6-10(7-9)18-12-8-11(17-14)15-13(16-12)19-2/h4-8H,3,14H2,1-2H3,(H,15,16,17). The first-order valence-corrected chi connectivity index (χ1v) is 7.14. The number of nitrogen functional groups attached to an aromatic ring is 1. The number of aryl methyl sites for hydroxylation is 1. The molecule has 0 amide bonds. The highest BCUT2D eigenvalue weighted by molar-refractivity contribution is 7.98. The van der Waals surface area contributed by atoms with Crippen LogP contribution >= 0.6 is 11.8 Å². The molecular weight excluding hydrogens is 260 g/mol. The lowest BCUT2D eigenvalue weighted by atomic mass is 10.2. The van der Waals surface area contributed by atoms with Gasteiger partial charge >= 0.3 is 0 Å². The van der Waals surface area contributed by atoms with E-state index in [9.17, 15) is 0 Å². The summed E-state index contributed by atoms with van der Waals surface area (Å²) in [4.78, 5) is 8.47. The molecule has 1 aromatic heterocycles. The summed E-state index contributed by atoms with van der Waals surface area (Å²) in [6.07, 6.45) is 2.86. The number of nitrogens with two attached hydrogens (primary N) is 1. The summed E-state index contributed by atoms with van der Waals surface area (Å²) in [5, 5.41) is 0.608. The molecule has 1 aromatic carbocycles. The van der Waals surface area contributed by atoms with Gasteiger partial charge in [-0.15, -0.1) is 0 Å². The number of hydrogen-bond donors (Lipinski definition) is 2. The van der Waals surface area contributed by atoms with Crippen LogP contribution in [-0.2, 0) is 6.42 Å². The number of ether oxygens (including phenoxy) is 1. The Morgan fingerprint density at radius 1 is 1.32 bits per heavy atom. The van der Waals surface area contributed by atoms with Gasteiger partial charge < -0.3 is 10.2 Å². The van der Waals surface area contributed by atoms with Crippen LogP contribution in [0.3, 0.4) is 0 Å². The van der Waals surface area contributed by atoms with Gasteiger partial charge in [0.1, 0.15) is 11.6 Å². The van der Waals surface area contributed by atoms with E-state index in [0.29, 0.717) is 16.9 Å². The van der Waals surface area contributed by atoms with Crippen molar-refractivity contribution in [2.45, 2.75) is 18.5 Å². The zero-order valence-corrected chi connectivity index (χ0v) is 11.7. The average Bonchev–Trinajstić information content (AvgIpc) is 2.47. The predicted molar refractivity (Wildman–Crippen MR) is 77.5 cm³/mol. The van der Waals surface area contributed by atoms with Gasteiger partial charge in [0, 0.05) is 6.07 Å². The molecule has 2 rings (SSSR count). The minimum Gasteiger partial charge on any atom is -0.439 e. The van der Waals surface area contributed by atoms with E-state index in [0.717, 1.165) is 12.2 Å². The summed E-state index contributed by atoms with van der Waals surface area (Å²) in [6.45, 7) is 2.10. The highest BCUT2D eigenvalue weighted by atomic mass is 32.2. The lowest BCUT2D eigenvalue weighted by Gasteiger charge is -2.08. The van der Waals surface area contributed by atoms with E-state index < -0.39 is 0 Å². The van der Waals surface area contributed by atoms with Gasteiger partial charge in [-0.3, -0.25) is 0 Å². The Labute approximate surface area is 116 Å². The molecule has 0 aliphatic heterocycles. The fraction of sp³-hybridized carbons (Fsp3) is 0.231. The molecule has 5 nitrogen and oxygen atoms in total. The predicted octanol–water partition coefficient (Wildman–Crippen LogP) is 2.84. The number of rotatable bonds is 5. The largest absolute Gasteiger partial charge is 0.439 e. The van der Waals surface area contributed by atoms with Crippen LogP contribution in [0.4, 0.5) is 5.82 Å². The second kappa shape index (κ2) is 6.40. The minimum absolute atomic E-state index is 0.473. The molecule has 6 heteroatoms. The molecular formula is C13H16N4OS. The van der Waals surface area contributed by atoms with Crippen molar-refractivity contribution in [3.63, 3.8) is 0 Å². The van der Waals surface area contributed by atoms with Gasteiger partial charge in [-0.1, -0.05) is 30.8 Å². The van der Waals surface area contributed by atoms with Gasteiger partial charge in [0.2, 0.25) is 5.88 Å². The van der Waals surface area contributed by atoms with Gasteiger partial charge in [-0.25, -0.2) is 10.8 Å². The van der Waals surface area contributed by atoms with E-state index in [1.165, 1.54) is 17.3 Å². The topological polar surface area (TPSA) is 73.1 Å². The molecule has 0 atom stereocenters. The Balaban J connectivity index is 2.26. The van der Waals surface area contributed by atoms with Crippen molar-refractivity contribution in [2.75, 3.05) is 11.7 Å². The number of nitrogens with one attached hydrogen (secondary N) is 1. The first-order chi connectivity index (χ1) is 9.25. The molecule has 0 saturated heterocycles. The van der Waals surface area contributed by atoms with Gasteiger partial charge in [-0.05, 0) is 30.4 Å². The lowest BCUT2D eigenvalue weighted by molar-refractivity contribution is 0.455. The maximum atomic E-state index is 5.75. The van der Waals surface area contributed by atoms with Crippen LogP contribution in [0.25, 0.3) is 0 Å². The molecule has 3 N–H and O–H groups in total. The number of nitrogens with zero attached hydrogens (tertiary/aromatic N) is 2.